The van der Waals surface area contributed by atoms with E-state index in [1.54, 1.807) is 0 Å². The summed E-state index contributed by atoms with van der Waals surface area (Å²) in [5.74, 6) is 0. The maximum Gasteiger partial charge on any atom is 0.0362 e. The number of carbonyl (C=O) groups excluding carboxylic acids is 1. The maximum absolute atomic E-state index is 8.83. The van der Waals surface area contributed by atoms with Gasteiger partial charge in [0.25, 0.3) is 0 Å². The van der Waals surface area contributed by atoms with Gasteiger partial charge < -0.3 is 9.53 Å². The largest absolute Gasteiger partial charge is 0.655 e. The van der Waals surface area contributed by atoms with E-state index < -0.39 is 0 Å². The normalized spacial score (nSPS) is 4.20. The quantitative estimate of drug-likeness (QED) is 0.346. The zero-order valence-electron chi connectivity index (χ0n) is 2.67. The predicted octanol–water partition coefficient (Wildman–Crippen LogP) is -0.302. The Morgan fingerprint density at radius 1 is 1.80 bits per heavy atom. The van der Waals surface area contributed by atoms with Crippen molar-refractivity contribution >= 4 is 6.47 Å². The van der Waals surface area contributed by atoms with Crippen molar-refractivity contribution in [3.8, 4) is 0 Å². The van der Waals surface area contributed by atoms with Crippen LogP contribution in [0.15, 0.2) is 0 Å². The fourth-order valence-corrected chi connectivity index (χ4v) is 0. The van der Waals surface area contributed by atoms with Gasteiger partial charge in [-0.3, -0.25) is 0 Å². The summed E-state index contributed by atoms with van der Waals surface area (Å²) >= 11 is 0. The third-order valence-corrected chi connectivity index (χ3v) is 0.0833. The molecule has 0 heterocycles. The van der Waals surface area contributed by atoms with E-state index in [4.69, 9.17) is 4.79 Å². The average molecular weight is 115 g/mol. The molecule has 0 radical (unpaired) electrons. The van der Waals surface area contributed by atoms with Crippen LogP contribution in [0.2, 0.25) is 0 Å². The molecule has 0 fully saturated rings. The van der Waals surface area contributed by atoms with Crippen molar-refractivity contribution in [3.63, 3.8) is 0 Å². The maximum atomic E-state index is 8.83. The molecule has 0 saturated heterocycles. The second kappa shape index (κ2) is 9.01. The van der Waals surface area contributed by atoms with Gasteiger partial charge in [-0.25, -0.2) is 0 Å². The molecule has 0 aliphatic carbocycles. The van der Waals surface area contributed by atoms with Crippen molar-refractivity contribution in [3.05, 3.63) is 0 Å². The summed E-state index contributed by atoms with van der Waals surface area (Å²) in [5, 5.41) is 0. The van der Waals surface area contributed by atoms with Crippen molar-refractivity contribution in [1.29, 1.82) is 0 Å². The van der Waals surface area contributed by atoms with E-state index in [-0.39, 0.29) is 17.1 Å². The third-order valence-electron chi connectivity index (χ3n) is 0.0833. The molecule has 0 spiro atoms. The van der Waals surface area contributed by atoms with Gasteiger partial charge in [0.1, 0.15) is 0 Å². The van der Waals surface area contributed by atoms with Crippen LogP contribution in [-0.4, -0.2) is 13.6 Å². The molecule has 0 amide bonds. The van der Waals surface area contributed by atoms with Crippen LogP contribution in [0.5, 0.6) is 0 Å². The van der Waals surface area contributed by atoms with Gasteiger partial charge in [-0.05, 0) is 0 Å². The van der Waals surface area contributed by atoms with Crippen LogP contribution in [0.25, 0.3) is 0 Å². The van der Waals surface area contributed by atoms with Crippen LogP contribution in [-0.2, 0) is 26.6 Å². The molecule has 32 valence electrons. The Morgan fingerprint density at radius 2 is 2.00 bits per heavy atom. The minimum atomic E-state index is 0. The Kier molecular flexibility index (Phi) is 16.0. The number of hydrogen-bond acceptors (Lipinski definition) is 2. The van der Waals surface area contributed by atoms with Gasteiger partial charge in [0, 0.05) is 24.2 Å². The van der Waals surface area contributed by atoms with Crippen LogP contribution in [0.4, 0.5) is 0 Å². The molecule has 0 rings (SSSR count). The van der Waals surface area contributed by atoms with Gasteiger partial charge in [-0.1, -0.05) is 6.47 Å². The Balaban J connectivity index is 0. The van der Waals surface area contributed by atoms with Gasteiger partial charge in [0.15, 0.2) is 0 Å². The fraction of sp³-hybridized carbons (Fsp3) is 0.500. The molecule has 0 aromatic carbocycles. The van der Waals surface area contributed by atoms with Crippen molar-refractivity contribution in [2.45, 2.75) is 0 Å². The fourth-order valence-electron chi connectivity index (χ4n) is 0. The molecule has 0 aromatic rings. The minimum Gasteiger partial charge on any atom is -0.655 e. The van der Waals surface area contributed by atoms with Gasteiger partial charge >= 0.3 is 0 Å². The SMILES string of the molecule is CO[C-]=O.[Fe]. The molecule has 5 heavy (non-hydrogen) atoms. The number of methoxy groups -OCH3 is 1. The second-order valence-electron chi connectivity index (χ2n) is 0.287. The van der Waals surface area contributed by atoms with E-state index in [1.165, 1.54) is 13.6 Å². The molecular weight excluding hydrogens is 112 g/mol. The Labute approximate surface area is 41.0 Å². The van der Waals surface area contributed by atoms with Crippen molar-refractivity contribution < 1.29 is 26.6 Å². The van der Waals surface area contributed by atoms with E-state index in [0.29, 0.717) is 0 Å². The number of rotatable bonds is 1. The first-order valence-electron chi connectivity index (χ1n) is 0.816. The molecule has 0 bridgehead atoms. The molecule has 0 N–H and O–H groups in total. The molecule has 0 atom stereocenters. The van der Waals surface area contributed by atoms with Crippen molar-refractivity contribution in [2.24, 2.45) is 0 Å². The molecule has 3 heteroatoms. The Morgan fingerprint density at radius 3 is 2.00 bits per heavy atom. The predicted molar refractivity (Wildman–Crippen MR) is 12.7 cm³/mol. The van der Waals surface area contributed by atoms with Gasteiger partial charge in [-0.15, -0.1) is 0 Å². The van der Waals surface area contributed by atoms with Crippen molar-refractivity contribution in [2.75, 3.05) is 7.11 Å². The van der Waals surface area contributed by atoms with E-state index in [1.807, 2.05) is 0 Å². The summed E-state index contributed by atoms with van der Waals surface area (Å²) in [6.07, 6.45) is 0. The van der Waals surface area contributed by atoms with Crippen molar-refractivity contribution in [1.82, 2.24) is 0 Å². The molecular formula is C2H3FeO2-. The van der Waals surface area contributed by atoms with Crippen LogP contribution >= 0.6 is 0 Å². The summed E-state index contributed by atoms with van der Waals surface area (Å²) in [6, 6.07) is 0. The number of ether oxygens (including phenoxy) is 1. The molecule has 0 unspecified atom stereocenters. The average Bonchev–Trinajstić information content (AvgIpc) is 1.37. The van der Waals surface area contributed by atoms with E-state index in [0.717, 1.165) is 0 Å². The summed E-state index contributed by atoms with van der Waals surface area (Å²) in [5.41, 5.74) is 0. The topological polar surface area (TPSA) is 26.3 Å². The van der Waals surface area contributed by atoms with Gasteiger partial charge in [-0.2, -0.15) is 0 Å². The molecule has 0 aliphatic heterocycles. The van der Waals surface area contributed by atoms with E-state index >= 15 is 0 Å². The van der Waals surface area contributed by atoms with Crippen LogP contribution in [0, 0.1) is 0 Å². The Bertz CT molecular complexity index is 21.6. The first-order valence-corrected chi connectivity index (χ1v) is 0.816. The first-order chi connectivity index (χ1) is 1.91. The van der Waals surface area contributed by atoms with Crippen LogP contribution in [0.1, 0.15) is 0 Å². The van der Waals surface area contributed by atoms with Gasteiger partial charge in [0.05, 0.1) is 0 Å². The van der Waals surface area contributed by atoms with Crippen LogP contribution in [0.3, 0.4) is 0 Å². The standard InChI is InChI=1S/C2H3O2.Fe/c1-4-2-3;/h1H3;/q-1;. The molecule has 2 nitrogen and oxygen atoms in total. The summed E-state index contributed by atoms with van der Waals surface area (Å²) < 4.78 is 3.74. The smallest absolute Gasteiger partial charge is 0.0362 e. The third kappa shape index (κ3) is 16.1. The zero-order valence-corrected chi connectivity index (χ0v) is 3.77. The van der Waals surface area contributed by atoms with E-state index in [2.05, 4.69) is 4.74 Å². The summed E-state index contributed by atoms with van der Waals surface area (Å²) in [4.78, 5) is 8.83. The zero-order chi connectivity index (χ0) is 3.41. The molecule has 0 aromatic heterocycles. The molecule has 0 aliphatic rings. The van der Waals surface area contributed by atoms with Crippen LogP contribution < -0.4 is 0 Å². The summed E-state index contributed by atoms with van der Waals surface area (Å²) in [6.45, 7) is 1.18. The Hall–Kier alpha value is -0.0105. The monoisotopic (exact) mass is 115 g/mol. The number of hydrogen-bond donors (Lipinski definition) is 0. The second-order valence-corrected chi connectivity index (χ2v) is 0.287. The summed E-state index contributed by atoms with van der Waals surface area (Å²) in [7, 11) is 1.26. The molecule has 0 saturated carbocycles. The van der Waals surface area contributed by atoms with E-state index in [9.17, 15) is 0 Å². The minimum absolute atomic E-state index is 0. The first kappa shape index (κ1) is 8.89. The van der Waals surface area contributed by atoms with Gasteiger partial charge in [0.2, 0.25) is 0 Å².